The van der Waals surface area contributed by atoms with E-state index in [4.69, 9.17) is 9.47 Å². The fraction of sp³-hybridized carbons (Fsp3) is 0.333. The molecule has 0 heterocycles. The van der Waals surface area contributed by atoms with E-state index in [9.17, 15) is 43.9 Å². The summed E-state index contributed by atoms with van der Waals surface area (Å²) in [5, 5.41) is 0. The van der Waals surface area contributed by atoms with Gasteiger partial charge in [0.2, 0.25) is 11.7 Å². The normalized spacial score (nSPS) is 26.7. The van der Waals surface area contributed by atoms with Gasteiger partial charge in [-0.05, 0) is 30.2 Å². The van der Waals surface area contributed by atoms with Gasteiger partial charge in [-0.2, -0.15) is 8.78 Å². The van der Waals surface area contributed by atoms with Crippen LogP contribution in [0.4, 0.5) is 43.9 Å². The van der Waals surface area contributed by atoms with Crippen LogP contribution in [0.3, 0.4) is 0 Å². The molecule has 0 radical (unpaired) electrons. The van der Waals surface area contributed by atoms with E-state index in [0.29, 0.717) is 5.56 Å². The molecule has 210 valence electrons. The molecule has 0 saturated heterocycles. The monoisotopic (exact) mass is 566 g/mol. The summed E-state index contributed by atoms with van der Waals surface area (Å²) < 4.78 is 147. The Balaban J connectivity index is 1.50. The Kier molecular flexibility index (Phi) is 7.77. The predicted octanol–water partition coefficient (Wildman–Crippen LogP) is 9.01. The maximum Gasteiger partial charge on any atom is 0.203 e. The summed E-state index contributed by atoms with van der Waals surface area (Å²) in [5.74, 6) is -15.5. The lowest BCUT2D eigenvalue weighted by molar-refractivity contribution is 0.114. The van der Waals surface area contributed by atoms with E-state index in [1.54, 1.807) is 6.08 Å². The van der Waals surface area contributed by atoms with Crippen LogP contribution in [0.15, 0.2) is 94.2 Å². The van der Waals surface area contributed by atoms with Crippen LogP contribution in [0, 0.1) is 0 Å². The molecule has 3 aliphatic carbocycles. The summed E-state index contributed by atoms with van der Waals surface area (Å²) in [6, 6.07) is 5.60. The van der Waals surface area contributed by atoms with Crippen LogP contribution in [-0.4, -0.2) is 24.7 Å². The van der Waals surface area contributed by atoms with E-state index in [1.165, 1.54) is 30.3 Å². The van der Waals surface area contributed by atoms with Crippen molar-refractivity contribution in [2.24, 2.45) is 0 Å². The minimum Gasteiger partial charge on any atom is -0.460 e. The molecule has 1 aromatic rings. The SMILES string of the molecule is CC(C)(C1=CC=C(OC2=C(F)C(F)=C(F)C(F)C2F)CC1)c1ccc(OC2=C(F)C(F)=C(F)C(F)C2F)cc1. The highest BCUT2D eigenvalue weighted by Crippen LogP contribution is 2.42. The van der Waals surface area contributed by atoms with Gasteiger partial charge < -0.3 is 9.47 Å². The van der Waals surface area contributed by atoms with Crippen molar-refractivity contribution in [2.75, 3.05) is 0 Å². The fourth-order valence-electron chi connectivity index (χ4n) is 4.25. The largest absolute Gasteiger partial charge is 0.460 e. The van der Waals surface area contributed by atoms with Gasteiger partial charge in [-0.1, -0.05) is 37.6 Å². The van der Waals surface area contributed by atoms with E-state index in [1.807, 2.05) is 13.8 Å². The van der Waals surface area contributed by atoms with Crippen LogP contribution in [0.25, 0.3) is 0 Å². The minimum atomic E-state index is -3.05. The van der Waals surface area contributed by atoms with Gasteiger partial charge in [0.05, 0.1) is 0 Å². The number of alkyl halides is 4. The predicted molar refractivity (Wildman–Crippen MR) is 121 cm³/mol. The maximum atomic E-state index is 14.0. The highest BCUT2D eigenvalue weighted by atomic mass is 19.2. The first-order valence-corrected chi connectivity index (χ1v) is 11.6. The molecule has 0 fully saturated rings. The quantitative estimate of drug-likeness (QED) is 0.320. The van der Waals surface area contributed by atoms with Crippen LogP contribution in [0.1, 0.15) is 32.3 Å². The molecule has 0 aromatic heterocycles. The van der Waals surface area contributed by atoms with Crippen molar-refractivity contribution < 1.29 is 53.4 Å². The lowest BCUT2D eigenvalue weighted by Crippen LogP contribution is -2.28. The van der Waals surface area contributed by atoms with E-state index in [0.717, 1.165) is 5.57 Å². The number of rotatable bonds is 6. The van der Waals surface area contributed by atoms with Crippen LogP contribution in [-0.2, 0) is 10.2 Å². The summed E-state index contributed by atoms with van der Waals surface area (Å²) in [7, 11) is 0. The van der Waals surface area contributed by atoms with Crippen LogP contribution in [0.2, 0.25) is 0 Å². The van der Waals surface area contributed by atoms with Gasteiger partial charge in [0.15, 0.2) is 59.5 Å². The topological polar surface area (TPSA) is 18.5 Å². The molecule has 0 N–H and O–H groups in total. The number of hydrogen-bond donors (Lipinski definition) is 0. The maximum absolute atomic E-state index is 14.0. The molecule has 0 bridgehead atoms. The number of halogens is 10. The molecule has 4 atom stereocenters. The van der Waals surface area contributed by atoms with E-state index >= 15 is 0 Å². The van der Waals surface area contributed by atoms with E-state index in [2.05, 4.69) is 0 Å². The van der Waals surface area contributed by atoms with Crippen LogP contribution >= 0.6 is 0 Å². The Bertz CT molecular complexity index is 1350. The molecular formula is C27H20F10O2. The first-order valence-electron chi connectivity index (χ1n) is 11.6. The summed E-state index contributed by atoms with van der Waals surface area (Å²) in [6.45, 7) is 3.62. The van der Waals surface area contributed by atoms with Gasteiger partial charge in [-0.25, -0.2) is 35.1 Å². The number of ether oxygens (including phenoxy) is 2. The Labute approximate surface area is 216 Å². The third-order valence-electron chi connectivity index (χ3n) is 6.70. The van der Waals surface area contributed by atoms with Crippen molar-refractivity contribution in [3.8, 4) is 5.75 Å². The van der Waals surface area contributed by atoms with E-state index < -0.39 is 76.6 Å². The molecule has 0 amide bonds. The molecule has 0 saturated carbocycles. The van der Waals surface area contributed by atoms with Gasteiger partial charge in [-0.3, -0.25) is 0 Å². The van der Waals surface area contributed by atoms with Gasteiger partial charge >= 0.3 is 0 Å². The van der Waals surface area contributed by atoms with Crippen molar-refractivity contribution in [3.05, 3.63) is 99.8 Å². The second-order valence-corrected chi connectivity index (χ2v) is 9.47. The standard InChI is InChI=1S/C27H20F10O2/c1-27(2,11-3-7-13(8-4-11)38-25-21(34)17(30)15(28)18(31)22(25)35)12-5-9-14(10-6-12)39-26-23(36)19(32)16(29)20(33)24(26)37/h3-5,7-9,17,19,21,23H,6,10H2,1-2H3. The Morgan fingerprint density at radius 2 is 1.10 bits per heavy atom. The first kappa shape index (κ1) is 28.6. The van der Waals surface area contributed by atoms with Crippen molar-refractivity contribution in [3.63, 3.8) is 0 Å². The zero-order valence-electron chi connectivity index (χ0n) is 20.3. The van der Waals surface area contributed by atoms with Gasteiger partial charge in [0.1, 0.15) is 11.5 Å². The lowest BCUT2D eigenvalue weighted by atomic mass is 9.74. The van der Waals surface area contributed by atoms with Crippen molar-refractivity contribution in [2.45, 2.75) is 56.8 Å². The van der Waals surface area contributed by atoms with E-state index in [-0.39, 0.29) is 24.4 Å². The van der Waals surface area contributed by atoms with Crippen LogP contribution < -0.4 is 4.74 Å². The first-order chi connectivity index (χ1) is 18.2. The summed E-state index contributed by atoms with van der Waals surface area (Å²) in [5.41, 5.74) is 0.745. The zero-order chi connectivity index (χ0) is 28.8. The summed E-state index contributed by atoms with van der Waals surface area (Å²) >= 11 is 0. The Morgan fingerprint density at radius 1 is 0.615 bits per heavy atom. The molecule has 4 unspecified atom stereocenters. The second-order valence-electron chi connectivity index (χ2n) is 9.47. The molecule has 39 heavy (non-hydrogen) atoms. The average Bonchev–Trinajstić information content (AvgIpc) is 2.94. The molecular weight excluding hydrogens is 546 g/mol. The summed E-state index contributed by atoms with van der Waals surface area (Å²) in [4.78, 5) is 0. The number of hydrogen-bond acceptors (Lipinski definition) is 2. The molecule has 3 aliphatic rings. The highest BCUT2D eigenvalue weighted by molar-refractivity contribution is 5.43. The Hall–Kier alpha value is -3.44. The second kappa shape index (κ2) is 10.6. The minimum absolute atomic E-state index is 0.0131. The number of benzene rings is 1. The lowest BCUT2D eigenvalue weighted by Gasteiger charge is -2.31. The fourth-order valence-corrected chi connectivity index (χ4v) is 4.25. The van der Waals surface area contributed by atoms with Crippen LogP contribution in [0.5, 0.6) is 5.75 Å². The third kappa shape index (κ3) is 5.12. The van der Waals surface area contributed by atoms with Gasteiger partial charge in [0, 0.05) is 11.8 Å². The van der Waals surface area contributed by atoms with Crippen molar-refractivity contribution >= 4 is 0 Å². The Morgan fingerprint density at radius 3 is 1.56 bits per heavy atom. The zero-order valence-corrected chi connectivity index (χ0v) is 20.3. The van der Waals surface area contributed by atoms with Crippen molar-refractivity contribution in [1.82, 2.24) is 0 Å². The van der Waals surface area contributed by atoms with Gasteiger partial charge in [0.25, 0.3) is 0 Å². The summed E-state index contributed by atoms with van der Waals surface area (Å²) in [6.07, 6.45) is -8.55. The molecule has 2 nitrogen and oxygen atoms in total. The third-order valence-corrected chi connectivity index (χ3v) is 6.70. The number of allylic oxidation sites excluding steroid dienone is 12. The molecule has 0 aliphatic heterocycles. The van der Waals surface area contributed by atoms with Gasteiger partial charge in [-0.15, -0.1) is 0 Å². The molecule has 12 heteroatoms. The van der Waals surface area contributed by atoms with Crippen molar-refractivity contribution in [1.29, 1.82) is 0 Å². The average molecular weight is 566 g/mol. The molecule has 1 aromatic carbocycles. The molecule has 0 spiro atoms. The highest BCUT2D eigenvalue weighted by Gasteiger charge is 2.43. The molecule has 4 rings (SSSR count). The smallest absolute Gasteiger partial charge is 0.203 e.